The molecule has 4 heteroatoms. The first-order valence-corrected chi connectivity index (χ1v) is 4.04. The summed E-state index contributed by atoms with van der Waals surface area (Å²) < 4.78 is 0. The van der Waals surface area contributed by atoms with E-state index in [0.29, 0.717) is 6.61 Å². The van der Waals surface area contributed by atoms with Crippen molar-refractivity contribution in [3.63, 3.8) is 0 Å². The van der Waals surface area contributed by atoms with E-state index >= 15 is 0 Å². The van der Waals surface area contributed by atoms with Crippen LogP contribution in [0.5, 0.6) is 0 Å². The van der Waals surface area contributed by atoms with E-state index in [-0.39, 0.29) is 5.91 Å². The lowest BCUT2D eigenvalue weighted by Gasteiger charge is -1.99. The molecule has 0 bridgehead atoms. The van der Waals surface area contributed by atoms with E-state index in [1.807, 2.05) is 6.26 Å². The summed E-state index contributed by atoms with van der Waals surface area (Å²) in [5, 5.41) is 0. The van der Waals surface area contributed by atoms with Crippen LogP contribution in [0.15, 0.2) is 0 Å². The maximum atomic E-state index is 10.2. The van der Waals surface area contributed by atoms with Gasteiger partial charge >= 0.3 is 0 Å². The summed E-state index contributed by atoms with van der Waals surface area (Å²) in [6.07, 6.45) is 1.98. The minimum Gasteiger partial charge on any atom is -0.273 e. The van der Waals surface area contributed by atoms with Gasteiger partial charge in [0.15, 0.2) is 0 Å². The molecule has 1 N–H and O–H groups in total. The molecule has 0 aliphatic carbocycles. The lowest BCUT2D eigenvalue weighted by atomic mass is 10.8. The molecule has 0 saturated heterocycles. The van der Waals surface area contributed by atoms with E-state index in [4.69, 9.17) is 4.84 Å². The first kappa shape index (κ1) is 8.78. The fourth-order valence-electron chi connectivity index (χ4n) is 0.278. The van der Waals surface area contributed by atoms with Gasteiger partial charge in [-0.25, -0.2) is 5.48 Å². The topological polar surface area (TPSA) is 38.3 Å². The number of amides is 1. The standard InChI is InChI=1S/C5H11NO2S/c1-5(7)6-8-3-4-9-2/h3-4H2,1-2H3,(H,6,7). The molecule has 0 aliphatic heterocycles. The van der Waals surface area contributed by atoms with Gasteiger partial charge in [-0.2, -0.15) is 11.8 Å². The summed E-state index contributed by atoms with van der Waals surface area (Å²) in [7, 11) is 0. The van der Waals surface area contributed by atoms with Crippen molar-refractivity contribution in [3.8, 4) is 0 Å². The van der Waals surface area contributed by atoms with Crippen LogP contribution in [-0.4, -0.2) is 24.5 Å². The highest BCUT2D eigenvalue weighted by atomic mass is 32.2. The second-order valence-corrected chi connectivity index (χ2v) is 2.49. The van der Waals surface area contributed by atoms with Crippen LogP contribution in [0.2, 0.25) is 0 Å². The molecular weight excluding hydrogens is 138 g/mol. The van der Waals surface area contributed by atoms with Crippen LogP contribution in [0, 0.1) is 0 Å². The Bertz CT molecular complexity index is 87.0. The molecule has 0 aromatic carbocycles. The molecule has 0 atom stereocenters. The van der Waals surface area contributed by atoms with Gasteiger partial charge in [0.05, 0.1) is 6.61 Å². The maximum absolute atomic E-state index is 10.2. The minimum absolute atomic E-state index is 0.156. The summed E-state index contributed by atoms with van der Waals surface area (Å²) in [5.74, 6) is 0.747. The van der Waals surface area contributed by atoms with Crippen LogP contribution in [0.25, 0.3) is 0 Å². The molecule has 0 fully saturated rings. The van der Waals surface area contributed by atoms with Crippen LogP contribution in [-0.2, 0) is 9.63 Å². The molecule has 0 aliphatic rings. The van der Waals surface area contributed by atoms with E-state index in [2.05, 4.69) is 5.48 Å². The van der Waals surface area contributed by atoms with Gasteiger partial charge in [0.2, 0.25) is 5.91 Å². The average molecular weight is 149 g/mol. The molecule has 1 amide bonds. The summed E-state index contributed by atoms with van der Waals surface area (Å²) in [6, 6.07) is 0. The van der Waals surface area contributed by atoms with Crippen molar-refractivity contribution >= 4 is 17.7 Å². The van der Waals surface area contributed by atoms with Gasteiger partial charge in [-0.3, -0.25) is 9.63 Å². The van der Waals surface area contributed by atoms with Gasteiger partial charge in [0.25, 0.3) is 0 Å². The predicted molar refractivity (Wildman–Crippen MR) is 38.2 cm³/mol. The quantitative estimate of drug-likeness (QED) is 0.465. The zero-order valence-electron chi connectivity index (χ0n) is 5.64. The Morgan fingerprint density at radius 1 is 1.78 bits per heavy atom. The average Bonchev–Trinajstić information content (AvgIpc) is 1.80. The number of rotatable bonds is 4. The molecule has 0 spiro atoms. The van der Waals surface area contributed by atoms with E-state index < -0.39 is 0 Å². The monoisotopic (exact) mass is 149 g/mol. The summed E-state index contributed by atoms with van der Waals surface area (Å²) in [4.78, 5) is 14.9. The molecule has 9 heavy (non-hydrogen) atoms. The summed E-state index contributed by atoms with van der Waals surface area (Å²) in [6.45, 7) is 1.99. The normalized spacial score (nSPS) is 9.11. The zero-order chi connectivity index (χ0) is 7.11. The molecule has 54 valence electrons. The van der Waals surface area contributed by atoms with Crippen molar-refractivity contribution < 1.29 is 9.63 Å². The molecule has 0 aromatic rings. The van der Waals surface area contributed by atoms with Gasteiger partial charge in [0, 0.05) is 12.7 Å². The van der Waals surface area contributed by atoms with Crippen molar-refractivity contribution in [3.05, 3.63) is 0 Å². The van der Waals surface area contributed by atoms with Crippen LogP contribution in [0.1, 0.15) is 6.92 Å². The van der Waals surface area contributed by atoms with E-state index in [9.17, 15) is 4.79 Å². The maximum Gasteiger partial charge on any atom is 0.240 e. The van der Waals surface area contributed by atoms with Crippen molar-refractivity contribution in [2.75, 3.05) is 18.6 Å². The van der Waals surface area contributed by atoms with Crippen molar-refractivity contribution in [2.45, 2.75) is 6.92 Å². The van der Waals surface area contributed by atoms with E-state index in [0.717, 1.165) is 5.75 Å². The third-order valence-corrected chi connectivity index (χ3v) is 1.18. The number of carbonyl (C=O) groups is 1. The molecule has 0 rings (SSSR count). The van der Waals surface area contributed by atoms with Crippen molar-refractivity contribution in [1.82, 2.24) is 5.48 Å². The van der Waals surface area contributed by atoms with Crippen LogP contribution < -0.4 is 5.48 Å². The Hall–Kier alpha value is -0.220. The molecule has 3 nitrogen and oxygen atoms in total. The second kappa shape index (κ2) is 5.91. The summed E-state index contributed by atoms with van der Waals surface area (Å²) >= 11 is 1.68. The Labute approximate surface area is 59.1 Å². The van der Waals surface area contributed by atoms with Gasteiger partial charge in [-0.15, -0.1) is 0 Å². The number of nitrogens with one attached hydrogen (secondary N) is 1. The van der Waals surface area contributed by atoms with Gasteiger partial charge in [-0.05, 0) is 6.26 Å². The van der Waals surface area contributed by atoms with Crippen LogP contribution >= 0.6 is 11.8 Å². The van der Waals surface area contributed by atoms with Gasteiger partial charge in [-0.1, -0.05) is 0 Å². The summed E-state index contributed by atoms with van der Waals surface area (Å²) in [5.41, 5.74) is 2.23. The highest BCUT2D eigenvalue weighted by Gasteiger charge is 1.87. The smallest absolute Gasteiger partial charge is 0.240 e. The third-order valence-electron chi connectivity index (χ3n) is 0.605. The Morgan fingerprint density at radius 3 is 2.89 bits per heavy atom. The zero-order valence-corrected chi connectivity index (χ0v) is 6.46. The molecule has 0 aromatic heterocycles. The second-order valence-electron chi connectivity index (χ2n) is 1.50. The number of carbonyl (C=O) groups excluding carboxylic acids is 1. The third kappa shape index (κ3) is 7.78. The largest absolute Gasteiger partial charge is 0.273 e. The van der Waals surface area contributed by atoms with Crippen LogP contribution in [0.4, 0.5) is 0 Å². The fraction of sp³-hybridized carbons (Fsp3) is 0.800. The highest BCUT2D eigenvalue weighted by Crippen LogP contribution is 1.88. The van der Waals surface area contributed by atoms with E-state index in [1.165, 1.54) is 6.92 Å². The Morgan fingerprint density at radius 2 is 2.44 bits per heavy atom. The van der Waals surface area contributed by atoms with Gasteiger partial charge in [0.1, 0.15) is 0 Å². The Balaban J connectivity index is 2.83. The molecular formula is C5H11NO2S. The number of thioether (sulfide) groups is 1. The number of hydroxylamine groups is 1. The molecule has 0 saturated carbocycles. The van der Waals surface area contributed by atoms with Crippen molar-refractivity contribution in [1.29, 1.82) is 0 Å². The molecule has 0 heterocycles. The first-order valence-electron chi connectivity index (χ1n) is 2.64. The fourth-order valence-corrected chi connectivity index (χ4v) is 0.528. The lowest BCUT2D eigenvalue weighted by Crippen LogP contribution is -2.21. The molecule has 0 radical (unpaired) electrons. The number of hydrogen-bond acceptors (Lipinski definition) is 3. The number of hydrogen-bond donors (Lipinski definition) is 1. The van der Waals surface area contributed by atoms with Crippen LogP contribution in [0.3, 0.4) is 0 Å². The predicted octanol–water partition coefficient (Wildman–Crippen LogP) is 0.417. The molecule has 0 unspecified atom stereocenters. The highest BCUT2D eigenvalue weighted by molar-refractivity contribution is 7.98. The minimum atomic E-state index is -0.156. The SMILES string of the molecule is CSCCONC(C)=O. The van der Waals surface area contributed by atoms with Crippen molar-refractivity contribution in [2.24, 2.45) is 0 Å². The van der Waals surface area contributed by atoms with E-state index in [1.54, 1.807) is 11.8 Å². The Kier molecular flexibility index (Phi) is 5.76. The first-order chi connectivity index (χ1) is 4.27. The lowest BCUT2D eigenvalue weighted by molar-refractivity contribution is -0.130. The van der Waals surface area contributed by atoms with Gasteiger partial charge < -0.3 is 0 Å².